The maximum atomic E-state index is 13.7. The van der Waals surface area contributed by atoms with E-state index in [4.69, 9.17) is 4.74 Å². The van der Waals surface area contributed by atoms with Crippen LogP contribution < -0.4 is 4.74 Å². The molecule has 1 amide bonds. The predicted molar refractivity (Wildman–Crippen MR) is 158 cm³/mol. The van der Waals surface area contributed by atoms with Crippen molar-refractivity contribution in [1.82, 2.24) is 4.90 Å². The number of Topliss-reactive ketones (excluding diaryl/α,β-unsaturated/α-hetero) is 1. The van der Waals surface area contributed by atoms with Gasteiger partial charge in [0.2, 0.25) is 5.91 Å². The summed E-state index contributed by atoms with van der Waals surface area (Å²) < 4.78 is 19.0. The van der Waals surface area contributed by atoms with Crippen LogP contribution >= 0.6 is 0 Å². The number of benzene rings is 4. The lowest BCUT2D eigenvalue weighted by Crippen LogP contribution is -2.41. The first-order chi connectivity index (χ1) is 20.0. The van der Waals surface area contributed by atoms with Gasteiger partial charge in [0.25, 0.3) is 0 Å². The highest BCUT2D eigenvalue weighted by atomic mass is 19.1. The molecular formula is C36H32FNO3. The molecule has 2 atom stereocenters. The lowest BCUT2D eigenvalue weighted by Gasteiger charge is -2.24. The summed E-state index contributed by atoms with van der Waals surface area (Å²) in [4.78, 5) is 29.2. The zero-order valence-corrected chi connectivity index (χ0v) is 22.8. The summed E-state index contributed by atoms with van der Waals surface area (Å²) in [5.74, 6) is 1.14. The fourth-order valence-electron chi connectivity index (χ4n) is 6.02. The molecule has 5 heteroatoms. The highest BCUT2D eigenvalue weighted by Crippen LogP contribution is 2.33. The van der Waals surface area contributed by atoms with E-state index in [1.807, 2.05) is 59.5 Å². The summed E-state index contributed by atoms with van der Waals surface area (Å²) in [5, 5.41) is 0. The number of halogens is 1. The SMILES string of the molecule is O=C(Cc1ccc(Oc2ccc(F)cc2)cc1)[C@@H]1C[C@@H](Cc2ccccc2)CN1C(=O)CC1=CCc2ccccc21. The van der Waals surface area contributed by atoms with Crippen LogP contribution in [0.15, 0.2) is 109 Å². The van der Waals surface area contributed by atoms with Gasteiger partial charge in [-0.1, -0.05) is 72.8 Å². The number of ketones is 1. The van der Waals surface area contributed by atoms with Crippen LogP contribution in [0.4, 0.5) is 4.39 Å². The molecule has 0 saturated carbocycles. The van der Waals surface area contributed by atoms with E-state index in [-0.39, 0.29) is 29.8 Å². The van der Waals surface area contributed by atoms with Crippen LogP contribution in [0.1, 0.15) is 35.1 Å². The number of nitrogens with zero attached hydrogens (tertiary/aromatic N) is 1. The van der Waals surface area contributed by atoms with Crippen LogP contribution in [0.5, 0.6) is 11.5 Å². The minimum absolute atomic E-state index is 0.0184. The topological polar surface area (TPSA) is 46.6 Å². The monoisotopic (exact) mass is 545 g/mol. The van der Waals surface area contributed by atoms with Gasteiger partial charge in [0, 0.05) is 13.0 Å². The average Bonchev–Trinajstić information content (AvgIpc) is 3.60. The molecule has 1 fully saturated rings. The van der Waals surface area contributed by atoms with Gasteiger partial charge in [-0.05, 0) is 89.4 Å². The third-order valence-corrected chi connectivity index (χ3v) is 8.07. The smallest absolute Gasteiger partial charge is 0.227 e. The van der Waals surface area contributed by atoms with Crippen LogP contribution in [0.25, 0.3) is 5.57 Å². The second-order valence-corrected chi connectivity index (χ2v) is 11.0. The minimum atomic E-state index is -0.441. The van der Waals surface area contributed by atoms with E-state index in [1.165, 1.54) is 23.3 Å². The Bertz CT molecular complexity index is 1560. The van der Waals surface area contributed by atoms with Gasteiger partial charge in [-0.15, -0.1) is 0 Å². The van der Waals surface area contributed by atoms with Crippen molar-refractivity contribution in [3.05, 3.63) is 137 Å². The number of rotatable bonds is 9. The largest absolute Gasteiger partial charge is 0.457 e. The molecule has 1 aliphatic heterocycles. The summed E-state index contributed by atoms with van der Waals surface area (Å²) in [7, 11) is 0. The van der Waals surface area contributed by atoms with Crippen molar-refractivity contribution in [3.63, 3.8) is 0 Å². The molecular weight excluding hydrogens is 513 g/mol. The van der Waals surface area contributed by atoms with Gasteiger partial charge >= 0.3 is 0 Å². The Hall–Kier alpha value is -4.51. The molecule has 4 nitrogen and oxygen atoms in total. The van der Waals surface area contributed by atoms with Gasteiger partial charge in [-0.3, -0.25) is 9.59 Å². The number of carbonyl (C=O) groups is 2. The average molecular weight is 546 g/mol. The number of allylic oxidation sites excluding steroid dienone is 1. The van der Waals surface area contributed by atoms with Gasteiger partial charge in [-0.25, -0.2) is 4.39 Å². The fraction of sp³-hybridized carbons (Fsp3) is 0.222. The highest BCUT2D eigenvalue weighted by Gasteiger charge is 2.39. The van der Waals surface area contributed by atoms with E-state index >= 15 is 0 Å². The normalized spacial score (nSPS) is 17.7. The first-order valence-corrected chi connectivity index (χ1v) is 14.2. The van der Waals surface area contributed by atoms with Crippen LogP contribution in [-0.4, -0.2) is 29.2 Å². The van der Waals surface area contributed by atoms with Crippen LogP contribution in [-0.2, 0) is 28.9 Å². The highest BCUT2D eigenvalue weighted by molar-refractivity contribution is 5.95. The summed E-state index contributed by atoms with van der Waals surface area (Å²) in [6.07, 6.45) is 5.06. The molecule has 1 aliphatic carbocycles. The fourth-order valence-corrected chi connectivity index (χ4v) is 6.02. The first-order valence-electron chi connectivity index (χ1n) is 14.2. The Labute approximate surface area is 240 Å². The van der Waals surface area contributed by atoms with Crippen molar-refractivity contribution in [2.45, 2.75) is 38.1 Å². The Morgan fingerprint density at radius 3 is 2.22 bits per heavy atom. The number of fused-ring (bicyclic) bond motifs is 1. The zero-order valence-electron chi connectivity index (χ0n) is 22.8. The van der Waals surface area contributed by atoms with Crippen LogP contribution in [0.2, 0.25) is 0 Å². The maximum Gasteiger partial charge on any atom is 0.227 e. The quantitative estimate of drug-likeness (QED) is 0.223. The third kappa shape index (κ3) is 6.30. The van der Waals surface area contributed by atoms with Crippen LogP contribution in [0.3, 0.4) is 0 Å². The van der Waals surface area contributed by atoms with Gasteiger partial charge in [0.15, 0.2) is 5.78 Å². The van der Waals surface area contributed by atoms with Crippen LogP contribution in [0, 0.1) is 11.7 Å². The van der Waals surface area contributed by atoms with Gasteiger partial charge in [-0.2, -0.15) is 0 Å². The molecule has 6 rings (SSSR count). The molecule has 4 aromatic rings. The Morgan fingerprint density at radius 2 is 1.46 bits per heavy atom. The number of amides is 1. The van der Waals surface area contributed by atoms with Crippen molar-refractivity contribution >= 4 is 17.3 Å². The van der Waals surface area contributed by atoms with Gasteiger partial charge in [0.05, 0.1) is 12.5 Å². The Balaban J connectivity index is 1.15. The molecule has 0 unspecified atom stereocenters. The van der Waals surface area contributed by atoms with E-state index in [2.05, 4.69) is 30.3 Å². The van der Waals surface area contributed by atoms with Crippen molar-refractivity contribution in [1.29, 1.82) is 0 Å². The van der Waals surface area contributed by atoms with E-state index in [1.54, 1.807) is 12.1 Å². The summed E-state index contributed by atoms with van der Waals surface area (Å²) in [6, 6.07) is 31.3. The summed E-state index contributed by atoms with van der Waals surface area (Å²) in [5.41, 5.74) is 5.54. The Morgan fingerprint density at radius 1 is 0.780 bits per heavy atom. The lowest BCUT2D eigenvalue weighted by molar-refractivity contribution is -0.136. The minimum Gasteiger partial charge on any atom is -0.457 e. The molecule has 2 aliphatic rings. The van der Waals surface area contributed by atoms with Crippen molar-refractivity contribution < 1.29 is 18.7 Å². The van der Waals surface area contributed by atoms with E-state index in [9.17, 15) is 14.0 Å². The molecule has 0 bridgehead atoms. The first kappa shape index (κ1) is 26.7. The van der Waals surface area contributed by atoms with E-state index in [0.717, 1.165) is 29.5 Å². The molecule has 0 radical (unpaired) electrons. The lowest BCUT2D eigenvalue weighted by atomic mass is 9.94. The molecule has 0 aromatic heterocycles. The Kier molecular flexibility index (Phi) is 7.77. The van der Waals surface area contributed by atoms with Crippen molar-refractivity contribution in [3.8, 4) is 11.5 Å². The van der Waals surface area contributed by atoms with E-state index in [0.29, 0.717) is 30.9 Å². The van der Waals surface area contributed by atoms with Gasteiger partial charge < -0.3 is 9.64 Å². The number of hydrogen-bond donors (Lipinski definition) is 0. The zero-order chi connectivity index (χ0) is 28.2. The third-order valence-electron chi connectivity index (χ3n) is 8.07. The second kappa shape index (κ2) is 11.9. The second-order valence-electron chi connectivity index (χ2n) is 11.0. The number of hydrogen-bond acceptors (Lipinski definition) is 3. The molecule has 0 N–H and O–H groups in total. The number of likely N-dealkylation sites (tertiary alicyclic amines) is 1. The molecule has 4 aromatic carbocycles. The predicted octanol–water partition coefficient (Wildman–Crippen LogP) is 7.22. The van der Waals surface area contributed by atoms with Crippen molar-refractivity contribution in [2.75, 3.05) is 6.54 Å². The van der Waals surface area contributed by atoms with Crippen molar-refractivity contribution in [2.24, 2.45) is 5.92 Å². The summed E-state index contributed by atoms with van der Waals surface area (Å²) >= 11 is 0. The molecule has 41 heavy (non-hydrogen) atoms. The molecule has 0 spiro atoms. The summed E-state index contributed by atoms with van der Waals surface area (Å²) in [6.45, 7) is 0.587. The van der Waals surface area contributed by atoms with E-state index < -0.39 is 6.04 Å². The standard InChI is InChI=1S/C36H32FNO3/c37-30-14-18-32(19-15-30)41-31-16-10-26(11-17-31)22-35(39)34-21-27(20-25-6-2-1-3-7-25)24-38(34)36(40)23-29-13-12-28-8-4-5-9-33(28)29/h1-11,13-19,27,34H,12,20-24H2/t27-,34+/m1/s1. The number of ether oxygens (including phenoxy) is 1. The number of carbonyl (C=O) groups excluding carboxylic acids is 2. The molecule has 1 heterocycles. The van der Waals surface area contributed by atoms with Gasteiger partial charge in [0.1, 0.15) is 17.3 Å². The maximum absolute atomic E-state index is 13.7. The molecule has 206 valence electrons. The molecule has 1 saturated heterocycles.